The SMILES string of the molecule is CCC(C)CC(C)CCCCCCCCC(=O)NC1CC(O)C(NCCN)NC(=O)C2C(O)CCN2C(=O)C(C(O)CCN)NC(=O)C(C(O)C(O)c2ccc(O)cc2)NC(=O)C2CC(O)CN2C(=O)C(C(C)O)NC1=O.II. The first-order valence-electron chi connectivity index (χ1n) is 27.5. The zero-order valence-electron chi connectivity index (χ0n) is 45.7. The maximum absolute atomic E-state index is 14.6. The van der Waals surface area contributed by atoms with Gasteiger partial charge in [0.25, 0.3) is 0 Å². The van der Waals surface area contributed by atoms with Gasteiger partial charge < -0.3 is 88.7 Å². The largest absolute Gasteiger partial charge is 0.508 e. The summed E-state index contributed by atoms with van der Waals surface area (Å²) in [6, 6.07) is -6.40. The summed E-state index contributed by atoms with van der Waals surface area (Å²) in [6.45, 7) is 6.73. The van der Waals surface area contributed by atoms with Crippen LogP contribution in [0.25, 0.3) is 0 Å². The number of phenolic OH excluding ortho intramolecular Hbond substituents is 1. The minimum atomic E-state index is -2.28. The number of unbranched alkanes of at least 4 members (excludes halogenated alkanes) is 5. The van der Waals surface area contributed by atoms with E-state index in [2.05, 4.69) is 89.9 Å². The molecule has 16 unspecified atom stereocenters. The van der Waals surface area contributed by atoms with Crippen LogP contribution in [-0.2, 0) is 33.6 Å². The lowest BCUT2D eigenvalue weighted by Gasteiger charge is -2.35. The summed E-state index contributed by atoms with van der Waals surface area (Å²) in [4.78, 5) is 102. The highest BCUT2D eigenvalue weighted by Crippen LogP contribution is 2.27. The molecule has 3 saturated heterocycles. The number of halogens is 2. The molecule has 7 amide bonds. The normalized spacial score (nSPS) is 28.0. The third-order valence-electron chi connectivity index (χ3n) is 14.9. The average molecular weight is 1350 g/mol. The Kier molecular flexibility index (Phi) is 31.2. The molecule has 0 aromatic heterocycles. The molecule has 0 spiro atoms. The highest BCUT2D eigenvalue weighted by molar-refractivity contribution is 15.0. The van der Waals surface area contributed by atoms with Crippen molar-refractivity contribution in [3.63, 3.8) is 0 Å². The molecule has 27 heteroatoms. The Morgan fingerprint density at radius 3 is 1.95 bits per heavy atom. The van der Waals surface area contributed by atoms with Crippen LogP contribution >= 0.6 is 37.2 Å². The van der Waals surface area contributed by atoms with E-state index in [0.29, 0.717) is 24.7 Å². The predicted octanol–water partition coefficient (Wildman–Crippen LogP) is -1.54. The second kappa shape index (κ2) is 35.4. The highest BCUT2D eigenvalue weighted by atomic mass is 128. The van der Waals surface area contributed by atoms with E-state index >= 15 is 0 Å². The van der Waals surface area contributed by atoms with Gasteiger partial charge in [-0.15, -0.1) is 0 Å². The maximum atomic E-state index is 14.6. The monoisotopic (exact) mass is 1350 g/mol. The molecule has 4 rings (SSSR count). The van der Waals surface area contributed by atoms with Crippen molar-refractivity contribution in [2.75, 3.05) is 32.7 Å². The Balaban J connectivity index is 0.00000810. The molecule has 0 saturated carbocycles. The minimum Gasteiger partial charge on any atom is -0.508 e. The Bertz CT molecular complexity index is 2090. The molecule has 3 fully saturated rings. The van der Waals surface area contributed by atoms with E-state index in [4.69, 9.17) is 11.5 Å². The van der Waals surface area contributed by atoms with Gasteiger partial charge in [0, 0.05) is 82.7 Å². The number of nitrogens with zero attached hydrogens (tertiary/aromatic N) is 2. The second-order valence-corrected chi connectivity index (χ2v) is 21.3. The first-order valence-corrected chi connectivity index (χ1v) is 33.8. The van der Waals surface area contributed by atoms with E-state index in [9.17, 15) is 74.4 Å². The number of hydrogen-bond donors (Lipinski definition) is 16. The Morgan fingerprint density at radius 1 is 0.722 bits per heavy atom. The molecule has 0 bridgehead atoms. The van der Waals surface area contributed by atoms with Gasteiger partial charge in [0.2, 0.25) is 41.4 Å². The number of nitrogens with one attached hydrogen (secondary N) is 6. The third-order valence-corrected chi connectivity index (χ3v) is 14.9. The molecule has 25 nitrogen and oxygen atoms in total. The van der Waals surface area contributed by atoms with Gasteiger partial charge in [-0.2, -0.15) is 0 Å². The van der Waals surface area contributed by atoms with Crippen LogP contribution in [0.2, 0.25) is 0 Å². The van der Waals surface area contributed by atoms with Crippen LogP contribution in [-0.4, -0.2) is 204 Å². The second-order valence-electron chi connectivity index (χ2n) is 21.3. The summed E-state index contributed by atoms with van der Waals surface area (Å²) in [5.74, 6) is -6.43. The van der Waals surface area contributed by atoms with Gasteiger partial charge >= 0.3 is 0 Å². The first-order chi connectivity index (χ1) is 37.5. The topological polar surface area (TPSA) is 412 Å². The fraction of sp³-hybridized carbons (Fsp3) is 0.750. The van der Waals surface area contributed by atoms with Gasteiger partial charge in [0.1, 0.15) is 60.4 Å². The van der Waals surface area contributed by atoms with Gasteiger partial charge in [0.15, 0.2) is 0 Å². The van der Waals surface area contributed by atoms with Crippen molar-refractivity contribution in [3.05, 3.63) is 29.8 Å². The summed E-state index contributed by atoms with van der Waals surface area (Å²) in [7, 11) is 0. The first kappa shape index (κ1) is 69.6. The number of aliphatic hydroxyl groups is 7. The molecule has 18 N–H and O–H groups in total. The molecule has 0 aliphatic carbocycles. The number of nitrogens with two attached hydrogens (primary N) is 2. The van der Waals surface area contributed by atoms with Crippen molar-refractivity contribution in [1.82, 2.24) is 41.7 Å². The summed E-state index contributed by atoms with van der Waals surface area (Å²) < 4.78 is 0. The van der Waals surface area contributed by atoms with Crippen LogP contribution < -0.4 is 43.4 Å². The number of carbonyl (C=O) groups is 7. The fourth-order valence-electron chi connectivity index (χ4n) is 10.2. The van der Waals surface area contributed by atoms with Crippen LogP contribution in [0, 0.1) is 11.8 Å². The molecule has 16 atom stereocenters. The lowest BCUT2D eigenvalue weighted by molar-refractivity contribution is -0.148. The molecule has 79 heavy (non-hydrogen) atoms. The summed E-state index contributed by atoms with van der Waals surface area (Å²) >= 11 is 4.24. The van der Waals surface area contributed by atoms with Gasteiger partial charge in [-0.3, -0.25) is 38.9 Å². The van der Waals surface area contributed by atoms with Crippen LogP contribution in [0.3, 0.4) is 0 Å². The van der Waals surface area contributed by atoms with Crippen LogP contribution in [0.5, 0.6) is 5.75 Å². The molecule has 450 valence electrons. The number of rotatable bonds is 23. The van der Waals surface area contributed by atoms with E-state index in [1.165, 1.54) is 30.7 Å². The quantitative estimate of drug-likeness (QED) is 0.0436. The molecule has 1 aromatic rings. The molecule has 1 aromatic carbocycles. The summed E-state index contributed by atoms with van der Waals surface area (Å²) in [6.07, 6.45) is -6.95. The van der Waals surface area contributed by atoms with Crippen LogP contribution in [0.15, 0.2) is 24.3 Å². The molecule has 0 radical (unpaired) electrons. The minimum absolute atomic E-state index is 0.0257. The van der Waals surface area contributed by atoms with Gasteiger partial charge in [-0.25, -0.2) is 0 Å². The number of aliphatic hydroxyl groups excluding tert-OH is 7. The molecule has 3 aliphatic heterocycles. The fourth-order valence-corrected chi connectivity index (χ4v) is 10.2. The van der Waals surface area contributed by atoms with Crippen LogP contribution in [0.4, 0.5) is 0 Å². The smallest absolute Gasteiger partial charge is 0.248 e. The lowest BCUT2D eigenvalue weighted by atomic mass is 9.91. The zero-order chi connectivity index (χ0) is 59.1. The maximum Gasteiger partial charge on any atom is 0.248 e. The van der Waals surface area contributed by atoms with Gasteiger partial charge in [-0.1, -0.05) is 77.8 Å². The molecule has 3 heterocycles. The van der Waals surface area contributed by atoms with Crippen molar-refractivity contribution in [3.8, 4) is 5.75 Å². The van der Waals surface area contributed by atoms with Gasteiger partial charge in [0.05, 0.1) is 30.5 Å². The van der Waals surface area contributed by atoms with E-state index < -0.39 is 146 Å². The molecular weight excluding hydrogens is 1260 g/mol. The standard InChI is InChI=1S/C52H88N10O15.I2/c1-5-28(2)24-29(3)12-10-8-6-7-9-11-13-39(69)56-34-26-38(68)46(55-22-21-54)60-50(75)43-37(67)19-23-61(43)52(77)41(36(66)18-20-53)58-49(74)42(45(71)44(70)31-14-16-32(64)17-15-31)59-48(73)35-25-33(65)27-62(35)51(76)40(30(4)63)57-47(34)72;1-2/h14-17,28-30,33-38,40-46,55,63-68,70-71H,5-13,18-27,53-54H2,1-4H3,(H,56,69)(H,57,72)(H,58,74)(H,59,73)(H,60,75);. The number of amides is 7. The van der Waals surface area contributed by atoms with Crippen molar-refractivity contribution >= 4 is 78.6 Å². The Morgan fingerprint density at radius 2 is 1.33 bits per heavy atom. The number of aromatic hydroxyl groups is 1. The van der Waals surface area contributed by atoms with Crippen molar-refractivity contribution in [2.45, 2.75) is 203 Å². The Hall–Kier alpha value is -3.63. The zero-order valence-corrected chi connectivity index (χ0v) is 50.0. The number of phenols is 1. The lowest BCUT2D eigenvalue weighted by Crippen LogP contribution is -2.65. The highest BCUT2D eigenvalue weighted by Gasteiger charge is 2.49. The van der Waals surface area contributed by atoms with Crippen molar-refractivity contribution in [2.24, 2.45) is 23.3 Å². The summed E-state index contributed by atoms with van der Waals surface area (Å²) in [5, 5.41) is 104. The van der Waals surface area contributed by atoms with Crippen LogP contribution in [0.1, 0.15) is 129 Å². The number of carbonyl (C=O) groups excluding carboxylic acids is 7. The van der Waals surface area contributed by atoms with E-state index in [1.54, 1.807) is 0 Å². The number of benzene rings is 1. The predicted molar refractivity (Wildman–Crippen MR) is 308 cm³/mol. The van der Waals surface area contributed by atoms with Gasteiger partial charge in [-0.05, 0) is 68.7 Å². The van der Waals surface area contributed by atoms with Crippen molar-refractivity contribution in [1.29, 1.82) is 0 Å². The number of fused-ring (bicyclic) bond motifs is 2. The third kappa shape index (κ3) is 21.3. The van der Waals surface area contributed by atoms with E-state index in [-0.39, 0.29) is 56.8 Å². The Labute approximate surface area is 486 Å². The number of hydrogen-bond acceptors (Lipinski definition) is 18. The molecule has 3 aliphatic rings. The van der Waals surface area contributed by atoms with E-state index in [0.717, 1.165) is 55.2 Å². The van der Waals surface area contributed by atoms with E-state index in [1.807, 2.05) is 0 Å². The van der Waals surface area contributed by atoms with Crippen molar-refractivity contribution < 1.29 is 74.4 Å². The average Bonchev–Trinajstić information content (AvgIpc) is 4.03. The summed E-state index contributed by atoms with van der Waals surface area (Å²) in [5.41, 5.74) is 11.5. The molecular formula is C52H88I2N10O15.